The van der Waals surface area contributed by atoms with Gasteiger partial charge in [-0.05, 0) is 18.5 Å². The molecule has 1 rings (SSSR count). The SMILES string of the molecule is CNCC(O)C(O)c1ccsc1Cl. The van der Waals surface area contributed by atoms with E-state index in [0.29, 0.717) is 16.4 Å². The highest BCUT2D eigenvalue weighted by Gasteiger charge is 2.20. The van der Waals surface area contributed by atoms with Gasteiger partial charge in [0, 0.05) is 12.1 Å². The van der Waals surface area contributed by atoms with Crippen molar-refractivity contribution in [2.45, 2.75) is 12.2 Å². The molecule has 3 nitrogen and oxygen atoms in total. The Kier molecular flexibility index (Phi) is 4.15. The fourth-order valence-electron chi connectivity index (χ4n) is 1.04. The number of nitrogens with one attached hydrogen (secondary N) is 1. The van der Waals surface area contributed by atoms with Gasteiger partial charge in [-0.25, -0.2) is 0 Å². The molecule has 3 N–H and O–H groups in total. The second kappa shape index (κ2) is 4.93. The van der Waals surface area contributed by atoms with Crippen LogP contribution in [0.2, 0.25) is 4.34 Å². The highest BCUT2D eigenvalue weighted by Crippen LogP contribution is 2.29. The van der Waals surface area contributed by atoms with E-state index < -0.39 is 12.2 Å². The van der Waals surface area contributed by atoms with Gasteiger partial charge < -0.3 is 15.5 Å². The Labute approximate surface area is 86.0 Å². The number of likely N-dealkylation sites (N-methyl/N-ethyl adjacent to an activating group) is 1. The molecule has 5 heteroatoms. The van der Waals surface area contributed by atoms with Crippen molar-refractivity contribution in [1.29, 1.82) is 0 Å². The third kappa shape index (κ3) is 2.65. The van der Waals surface area contributed by atoms with Crippen LogP contribution in [0.25, 0.3) is 0 Å². The quantitative estimate of drug-likeness (QED) is 0.712. The van der Waals surface area contributed by atoms with E-state index in [4.69, 9.17) is 11.6 Å². The minimum atomic E-state index is -0.911. The fourth-order valence-corrected chi connectivity index (χ4v) is 2.03. The predicted octanol–water partition coefficient (Wildman–Crippen LogP) is 1.02. The van der Waals surface area contributed by atoms with E-state index in [-0.39, 0.29) is 0 Å². The van der Waals surface area contributed by atoms with Crippen LogP contribution in [0.1, 0.15) is 11.7 Å². The molecule has 0 saturated carbocycles. The largest absolute Gasteiger partial charge is 0.389 e. The van der Waals surface area contributed by atoms with Gasteiger partial charge in [0.1, 0.15) is 6.10 Å². The molecule has 0 amide bonds. The molecule has 0 bridgehead atoms. The molecule has 0 spiro atoms. The predicted molar refractivity (Wildman–Crippen MR) is 54.2 cm³/mol. The van der Waals surface area contributed by atoms with Gasteiger partial charge in [0.2, 0.25) is 0 Å². The molecule has 1 aromatic rings. The Bertz CT molecular complexity index is 266. The van der Waals surface area contributed by atoms with Crippen molar-refractivity contribution in [3.8, 4) is 0 Å². The van der Waals surface area contributed by atoms with Crippen molar-refractivity contribution in [3.63, 3.8) is 0 Å². The van der Waals surface area contributed by atoms with Crippen molar-refractivity contribution >= 4 is 22.9 Å². The maximum Gasteiger partial charge on any atom is 0.108 e. The number of halogens is 1. The van der Waals surface area contributed by atoms with Crippen molar-refractivity contribution in [2.24, 2.45) is 0 Å². The van der Waals surface area contributed by atoms with E-state index in [0.717, 1.165) is 0 Å². The Morgan fingerprint density at radius 1 is 1.62 bits per heavy atom. The number of rotatable bonds is 4. The summed E-state index contributed by atoms with van der Waals surface area (Å²) >= 11 is 7.15. The van der Waals surface area contributed by atoms with Gasteiger partial charge in [0.05, 0.1) is 10.4 Å². The first-order chi connectivity index (χ1) is 6.16. The zero-order chi connectivity index (χ0) is 9.84. The molecular weight excluding hydrogens is 210 g/mol. The Balaban J connectivity index is 2.67. The fraction of sp³-hybridized carbons (Fsp3) is 0.500. The lowest BCUT2D eigenvalue weighted by atomic mass is 10.1. The van der Waals surface area contributed by atoms with Crippen LogP contribution in [-0.4, -0.2) is 29.9 Å². The lowest BCUT2D eigenvalue weighted by molar-refractivity contribution is 0.0205. The van der Waals surface area contributed by atoms with Crippen LogP contribution in [0, 0.1) is 0 Å². The highest BCUT2D eigenvalue weighted by molar-refractivity contribution is 7.14. The first-order valence-corrected chi connectivity index (χ1v) is 5.16. The maximum atomic E-state index is 9.62. The van der Waals surface area contributed by atoms with Gasteiger partial charge >= 0.3 is 0 Å². The van der Waals surface area contributed by atoms with Gasteiger partial charge in [0.25, 0.3) is 0 Å². The minimum Gasteiger partial charge on any atom is -0.389 e. The third-order valence-electron chi connectivity index (χ3n) is 1.74. The monoisotopic (exact) mass is 221 g/mol. The van der Waals surface area contributed by atoms with Crippen LogP contribution >= 0.6 is 22.9 Å². The maximum absolute atomic E-state index is 9.62. The van der Waals surface area contributed by atoms with Crippen LogP contribution in [-0.2, 0) is 0 Å². The zero-order valence-electron chi connectivity index (χ0n) is 7.20. The van der Waals surface area contributed by atoms with Gasteiger partial charge in [0.15, 0.2) is 0 Å². The summed E-state index contributed by atoms with van der Waals surface area (Å²) < 4.78 is 0.530. The van der Waals surface area contributed by atoms with Crippen molar-refractivity contribution in [3.05, 3.63) is 21.3 Å². The summed E-state index contributed by atoms with van der Waals surface area (Å²) in [7, 11) is 1.71. The van der Waals surface area contributed by atoms with E-state index in [1.165, 1.54) is 11.3 Å². The lowest BCUT2D eigenvalue weighted by Crippen LogP contribution is -2.29. The highest BCUT2D eigenvalue weighted by atomic mass is 35.5. The summed E-state index contributed by atoms with van der Waals surface area (Å²) in [5.41, 5.74) is 0.592. The third-order valence-corrected chi connectivity index (χ3v) is 2.94. The molecule has 0 saturated heterocycles. The topological polar surface area (TPSA) is 52.5 Å². The van der Waals surface area contributed by atoms with Crippen LogP contribution in [0.4, 0.5) is 0 Å². The Morgan fingerprint density at radius 2 is 2.31 bits per heavy atom. The number of aliphatic hydroxyl groups excluding tert-OH is 2. The molecular formula is C8H12ClNO2S. The van der Waals surface area contributed by atoms with Crippen molar-refractivity contribution in [1.82, 2.24) is 5.32 Å². The first kappa shape index (κ1) is 10.9. The summed E-state index contributed by atoms with van der Waals surface area (Å²) in [6.07, 6.45) is -1.73. The average molecular weight is 222 g/mol. The number of aliphatic hydroxyl groups is 2. The summed E-state index contributed by atoms with van der Waals surface area (Å²) in [5.74, 6) is 0. The molecule has 2 unspecified atom stereocenters. The lowest BCUT2D eigenvalue weighted by Gasteiger charge is -2.16. The minimum absolute atomic E-state index is 0.341. The van der Waals surface area contributed by atoms with E-state index >= 15 is 0 Å². The summed E-state index contributed by atoms with van der Waals surface area (Å²) in [6, 6.07) is 1.72. The molecule has 74 valence electrons. The second-order valence-corrected chi connectivity index (χ2v) is 4.24. The van der Waals surface area contributed by atoms with E-state index in [2.05, 4.69) is 5.32 Å². The Hall–Kier alpha value is -0.130. The van der Waals surface area contributed by atoms with Crippen LogP contribution in [0.5, 0.6) is 0 Å². The standard InChI is InChI=1S/C8H12ClNO2S/c1-10-4-6(11)7(12)5-2-3-13-8(5)9/h2-3,6-7,10-12H,4H2,1H3. The van der Waals surface area contributed by atoms with E-state index in [1.54, 1.807) is 18.5 Å². The molecule has 0 radical (unpaired) electrons. The van der Waals surface area contributed by atoms with E-state index in [9.17, 15) is 10.2 Å². The molecule has 2 atom stereocenters. The van der Waals surface area contributed by atoms with Gasteiger partial charge in [-0.1, -0.05) is 11.6 Å². The van der Waals surface area contributed by atoms with Gasteiger partial charge in [-0.2, -0.15) is 0 Å². The molecule has 0 aliphatic heterocycles. The Morgan fingerprint density at radius 3 is 2.77 bits per heavy atom. The molecule has 0 fully saturated rings. The summed E-state index contributed by atoms with van der Waals surface area (Å²) in [5, 5.41) is 23.6. The number of hydrogen-bond acceptors (Lipinski definition) is 4. The number of thiophene rings is 1. The first-order valence-electron chi connectivity index (χ1n) is 3.90. The van der Waals surface area contributed by atoms with Crippen LogP contribution in [0.3, 0.4) is 0 Å². The zero-order valence-corrected chi connectivity index (χ0v) is 8.77. The molecule has 0 aliphatic carbocycles. The molecule has 0 aliphatic rings. The molecule has 1 heterocycles. The molecule has 1 aromatic heterocycles. The smallest absolute Gasteiger partial charge is 0.108 e. The summed E-state index contributed by atoms with van der Waals surface area (Å²) in [6.45, 7) is 0.341. The van der Waals surface area contributed by atoms with Crippen molar-refractivity contribution < 1.29 is 10.2 Å². The molecule has 0 aromatic carbocycles. The van der Waals surface area contributed by atoms with Crippen molar-refractivity contribution in [2.75, 3.05) is 13.6 Å². The van der Waals surface area contributed by atoms with Gasteiger partial charge in [-0.15, -0.1) is 11.3 Å². The normalized spacial score (nSPS) is 15.7. The van der Waals surface area contributed by atoms with Gasteiger partial charge in [-0.3, -0.25) is 0 Å². The average Bonchev–Trinajstić information content (AvgIpc) is 2.50. The second-order valence-electron chi connectivity index (χ2n) is 2.72. The van der Waals surface area contributed by atoms with Crippen LogP contribution < -0.4 is 5.32 Å². The van der Waals surface area contributed by atoms with E-state index in [1.807, 2.05) is 0 Å². The molecule has 13 heavy (non-hydrogen) atoms. The number of hydrogen-bond donors (Lipinski definition) is 3. The summed E-state index contributed by atoms with van der Waals surface area (Å²) in [4.78, 5) is 0. The van der Waals surface area contributed by atoms with Crippen LogP contribution in [0.15, 0.2) is 11.4 Å².